The Labute approximate surface area is 112 Å². The molecule has 1 aromatic rings. The fourth-order valence-corrected chi connectivity index (χ4v) is 3.55. The van der Waals surface area contributed by atoms with Gasteiger partial charge >= 0.3 is 0 Å². The molecule has 0 saturated carbocycles. The normalized spacial score (nSPS) is 17.4. The quantitative estimate of drug-likeness (QED) is 0.782. The van der Waals surface area contributed by atoms with E-state index >= 15 is 0 Å². The third-order valence-electron chi connectivity index (χ3n) is 3.18. The Balaban J connectivity index is 2.16. The number of nitrogens with zero attached hydrogens (tertiary/aromatic N) is 2. The highest BCUT2D eigenvalue weighted by atomic mass is 32.2. The monoisotopic (exact) mass is 283 g/mol. The topological polar surface area (TPSA) is 83.7 Å². The van der Waals surface area contributed by atoms with Crippen molar-refractivity contribution in [3.05, 3.63) is 24.3 Å². The molecule has 0 radical (unpaired) electrons. The summed E-state index contributed by atoms with van der Waals surface area (Å²) in [7, 11) is -3.52. The molecule has 0 spiro atoms. The van der Waals surface area contributed by atoms with Gasteiger partial charge in [-0.05, 0) is 18.2 Å². The highest BCUT2D eigenvalue weighted by Gasteiger charge is 2.29. The molecule has 0 atom stereocenters. The van der Waals surface area contributed by atoms with E-state index in [1.54, 1.807) is 17.0 Å². The van der Waals surface area contributed by atoms with Crippen molar-refractivity contribution >= 4 is 21.6 Å². The summed E-state index contributed by atoms with van der Waals surface area (Å²) in [5.74, 6) is -0.0268. The first-order chi connectivity index (χ1) is 8.91. The van der Waals surface area contributed by atoms with Crippen LogP contribution in [0.2, 0.25) is 0 Å². The number of sulfonamides is 1. The van der Waals surface area contributed by atoms with E-state index in [9.17, 15) is 13.2 Å². The summed E-state index contributed by atoms with van der Waals surface area (Å²) in [4.78, 5) is 13.1. The fourth-order valence-electron chi connectivity index (χ4n) is 2.07. The van der Waals surface area contributed by atoms with E-state index in [0.717, 1.165) is 0 Å². The van der Waals surface area contributed by atoms with Crippen LogP contribution in [0.15, 0.2) is 29.2 Å². The predicted molar refractivity (Wildman–Crippen MR) is 71.9 cm³/mol. The Morgan fingerprint density at radius 1 is 1.21 bits per heavy atom. The lowest BCUT2D eigenvalue weighted by atomic mass is 10.3. The van der Waals surface area contributed by atoms with Gasteiger partial charge in [-0.25, -0.2) is 8.42 Å². The Bertz CT molecular complexity index is 578. The molecule has 2 N–H and O–H groups in total. The number of anilines is 1. The molecular formula is C12H17N3O3S. The molecule has 0 unspecified atom stereocenters. The molecule has 7 heteroatoms. The van der Waals surface area contributed by atoms with Gasteiger partial charge in [0.25, 0.3) is 0 Å². The molecule has 1 aromatic carbocycles. The second-order valence-corrected chi connectivity index (χ2v) is 6.42. The van der Waals surface area contributed by atoms with E-state index in [2.05, 4.69) is 0 Å². The van der Waals surface area contributed by atoms with Crippen LogP contribution in [0.4, 0.5) is 5.69 Å². The summed E-state index contributed by atoms with van der Waals surface area (Å²) in [5, 5.41) is 0. The minimum Gasteiger partial charge on any atom is -0.399 e. The minimum atomic E-state index is -3.52. The molecule has 1 fully saturated rings. The molecule has 0 aliphatic carbocycles. The lowest BCUT2D eigenvalue weighted by Gasteiger charge is -2.33. The maximum absolute atomic E-state index is 12.4. The molecule has 104 valence electrons. The highest BCUT2D eigenvalue weighted by Crippen LogP contribution is 2.19. The van der Waals surface area contributed by atoms with Gasteiger partial charge in [-0.3, -0.25) is 4.79 Å². The van der Waals surface area contributed by atoms with E-state index in [-0.39, 0.29) is 10.8 Å². The van der Waals surface area contributed by atoms with Crippen LogP contribution in [-0.2, 0) is 14.8 Å². The number of benzene rings is 1. The zero-order chi connectivity index (χ0) is 14.0. The molecule has 1 aliphatic rings. The number of nitrogen functional groups attached to an aromatic ring is 1. The van der Waals surface area contributed by atoms with Crippen molar-refractivity contribution in [3.8, 4) is 0 Å². The summed E-state index contributed by atoms with van der Waals surface area (Å²) < 4.78 is 26.2. The van der Waals surface area contributed by atoms with E-state index in [1.165, 1.54) is 23.4 Å². The Hall–Kier alpha value is -1.60. The first kappa shape index (κ1) is 13.8. The number of hydrogen-bond acceptors (Lipinski definition) is 4. The first-order valence-electron chi connectivity index (χ1n) is 6.02. The molecule has 1 aliphatic heterocycles. The standard InChI is InChI=1S/C12H17N3O3S/c1-10(16)14-5-7-15(8-6-14)19(17,18)12-4-2-3-11(13)9-12/h2-4,9H,5-8,13H2,1H3. The number of rotatable bonds is 2. The number of amides is 1. The van der Waals surface area contributed by atoms with Gasteiger partial charge in [0.1, 0.15) is 0 Å². The summed E-state index contributed by atoms with van der Waals surface area (Å²) in [5.41, 5.74) is 6.03. The Morgan fingerprint density at radius 3 is 2.37 bits per heavy atom. The first-order valence-corrected chi connectivity index (χ1v) is 7.46. The van der Waals surface area contributed by atoms with Gasteiger partial charge in [-0.1, -0.05) is 6.07 Å². The molecule has 0 bridgehead atoms. The maximum Gasteiger partial charge on any atom is 0.243 e. The highest BCUT2D eigenvalue weighted by molar-refractivity contribution is 7.89. The smallest absolute Gasteiger partial charge is 0.243 e. The lowest BCUT2D eigenvalue weighted by Crippen LogP contribution is -2.49. The van der Waals surface area contributed by atoms with Gasteiger partial charge in [-0.15, -0.1) is 0 Å². The number of carbonyl (C=O) groups excluding carboxylic acids is 1. The van der Waals surface area contributed by atoms with Crippen LogP contribution in [0.25, 0.3) is 0 Å². The summed E-state index contributed by atoms with van der Waals surface area (Å²) in [6.07, 6.45) is 0. The summed E-state index contributed by atoms with van der Waals surface area (Å²) in [6.45, 7) is 2.98. The average Bonchev–Trinajstić information content (AvgIpc) is 2.39. The summed E-state index contributed by atoms with van der Waals surface area (Å²) >= 11 is 0. The average molecular weight is 283 g/mol. The second kappa shape index (κ2) is 5.18. The van der Waals surface area contributed by atoms with Crippen LogP contribution in [0.5, 0.6) is 0 Å². The van der Waals surface area contributed by atoms with Gasteiger partial charge in [0, 0.05) is 38.8 Å². The molecule has 1 saturated heterocycles. The zero-order valence-electron chi connectivity index (χ0n) is 10.7. The minimum absolute atomic E-state index is 0.0268. The predicted octanol–water partition coefficient (Wildman–Crippen LogP) is 0.122. The summed E-state index contributed by atoms with van der Waals surface area (Å²) in [6, 6.07) is 6.25. The van der Waals surface area contributed by atoms with Crippen molar-refractivity contribution in [1.82, 2.24) is 9.21 Å². The number of nitrogens with two attached hydrogens (primary N) is 1. The second-order valence-electron chi connectivity index (χ2n) is 4.48. The third-order valence-corrected chi connectivity index (χ3v) is 5.07. The van der Waals surface area contributed by atoms with E-state index in [0.29, 0.717) is 31.9 Å². The fraction of sp³-hybridized carbons (Fsp3) is 0.417. The Morgan fingerprint density at radius 2 is 1.84 bits per heavy atom. The molecule has 0 aromatic heterocycles. The van der Waals surface area contributed by atoms with Gasteiger partial charge in [0.2, 0.25) is 15.9 Å². The van der Waals surface area contributed by atoms with Crippen molar-refractivity contribution in [1.29, 1.82) is 0 Å². The lowest BCUT2D eigenvalue weighted by molar-refractivity contribution is -0.129. The third kappa shape index (κ3) is 2.87. The molecule has 19 heavy (non-hydrogen) atoms. The van der Waals surface area contributed by atoms with Crippen LogP contribution in [0, 0.1) is 0 Å². The van der Waals surface area contributed by atoms with Crippen molar-refractivity contribution in [2.45, 2.75) is 11.8 Å². The molecule has 6 nitrogen and oxygen atoms in total. The number of piperazine rings is 1. The SMILES string of the molecule is CC(=O)N1CCN(S(=O)(=O)c2cccc(N)c2)CC1. The zero-order valence-corrected chi connectivity index (χ0v) is 11.6. The van der Waals surface area contributed by atoms with Gasteiger partial charge in [0.15, 0.2) is 0 Å². The van der Waals surface area contributed by atoms with Crippen molar-refractivity contribution < 1.29 is 13.2 Å². The van der Waals surface area contributed by atoms with Gasteiger partial charge in [0.05, 0.1) is 4.90 Å². The largest absolute Gasteiger partial charge is 0.399 e. The van der Waals surface area contributed by atoms with Crippen molar-refractivity contribution in [2.24, 2.45) is 0 Å². The maximum atomic E-state index is 12.4. The van der Waals surface area contributed by atoms with Gasteiger partial charge < -0.3 is 10.6 Å². The van der Waals surface area contributed by atoms with Crippen molar-refractivity contribution in [3.63, 3.8) is 0 Å². The molecule has 2 rings (SSSR count). The van der Waals surface area contributed by atoms with Crippen LogP contribution in [-0.4, -0.2) is 49.7 Å². The van der Waals surface area contributed by atoms with E-state index in [1.807, 2.05) is 0 Å². The van der Waals surface area contributed by atoms with Crippen LogP contribution in [0.3, 0.4) is 0 Å². The number of hydrogen-bond donors (Lipinski definition) is 1. The Kier molecular flexibility index (Phi) is 3.77. The van der Waals surface area contributed by atoms with Gasteiger partial charge in [-0.2, -0.15) is 4.31 Å². The molecule has 1 amide bonds. The number of carbonyl (C=O) groups is 1. The van der Waals surface area contributed by atoms with Crippen LogP contribution < -0.4 is 5.73 Å². The molecule has 1 heterocycles. The van der Waals surface area contributed by atoms with E-state index in [4.69, 9.17) is 5.73 Å². The van der Waals surface area contributed by atoms with Crippen molar-refractivity contribution in [2.75, 3.05) is 31.9 Å². The van der Waals surface area contributed by atoms with E-state index < -0.39 is 10.0 Å². The molecular weight excluding hydrogens is 266 g/mol. The van der Waals surface area contributed by atoms with Crippen LogP contribution >= 0.6 is 0 Å². The van der Waals surface area contributed by atoms with Crippen LogP contribution in [0.1, 0.15) is 6.92 Å².